The zero-order chi connectivity index (χ0) is 9.84. The van der Waals surface area contributed by atoms with Crippen molar-refractivity contribution >= 4 is 5.69 Å². The van der Waals surface area contributed by atoms with Gasteiger partial charge in [-0.2, -0.15) is 0 Å². The number of hydrogen-bond acceptors (Lipinski definition) is 3. The van der Waals surface area contributed by atoms with E-state index in [4.69, 9.17) is 4.74 Å². The van der Waals surface area contributed by atoms with Gasteiger partial charge in [0.15, 0.2) is 5.69 Å². The summed E-state index contributed by atoms with van der Waals surface area (Å²) in [6, 6.07) is 5.50. The lowest BCUT2D eigenvalue weighted by Gasteiger charge is -2.10. The predicted molar refractivity (Wildman–Crippen MR) is 52.5 cm³/mol. The highest BCUT2D eigenvalue weighted by Crippen LogP contribution is 2.35. The van der Waals surface area contributed by atoms with Crippen molar-refractivity contribution in [1.29, 1.82) is 0 Å². The van der Waals surface area contributed by atoms with Gasteiger partial charge in [-0.25, -0.2) is 0 Å². The Balaban J connectivity index is 3.27. The minimum Gasteiger partial charge on any atom is -0.494 e. The van der Waals surface area contributed by atoms with Crippen LogP contribution in [0.3, 0.4) is 0 Å². The van der Waals surface area contributed by atoms with Crippen molar-refractivity contribution in [3.63, 3.8) is 0 Å². The Bertz CT molecular complexity index is 308. The third kappa shape index (κ3) is 1.86. The lowest BCUT2D eigenvalue weighted by Crippen LogP contribution is -1.91. The molecule has 1 rings (SSSR count). The SMILES string of the molecule is COc1cccc(C(C)C)c1N=O. The first-order valence-electron chi connectivity index (χ1n) is 4.21. The highest BCUT2D eigenvalue weighted by Gasteiger charge is 2.11. The third-order valence-corrected chi connectivity index (χ3v) is 1.96. The van der Waals surface area contributed by atoms with Gasteiger partial charge < -0.3 is 4.74 Å². The van der Waals surface area contributed by atoms with Crippen molar-refractivity contribution in [3.8, 4) is 5.75 Å². The maximum absolute atomic E-state index is 10.6. The van der Waals surface area contributed by atoms with E-state index in [1.54, 1.807) is 6.07 Å². The first kappa shape index (κ1) is 9.71. The Kier molecular flexibility index (Phi) is 3.01. The standard InChI is InChI=1S/C10H13NO2/c1-7(2)8-5-4-6-9(13-3)10(8)11-12/h4-7H,1-3H3. The van der Waals surface area contributed by atoms with Crippen molar-refractivity contribution in [1.82, 2.24) is 0 Å². The van der Waals surface area contributed by atoms with Crippen molar-refractivity contribution in [2.45, 2.75) is 19.8 Å². The van der Waals surface area contributed by atoms with Crippen LogP contribution in [-0.2, 0) is 0 Å². The number of methoxy groups -OCH3 is 1. The van der Waals surface area contributed by atoms with E-state index < -0.39 is 0 Å². The fourth-order valence-electron chi connectivity index (χ4n) is 1.27. The van der Waals surface area contributed by atoms with E-state index in [2.05, 4.69) is 5.18 Å². The van der Waals surface area contributed by atoms with E-state index in [-0.39, 0.29) is 5.92 Å². The molecule has 3 heteroatoms. The van der Waals surface area contributed by atoms with Gasteiger partial charge in [-0.15, -0.1) is 4.91 Å². The summed E-state index contributed by atoms with van der Waals surface area (Å²) in [6.45, 7) is 4.03. The van der Waals surface area contributed by atoms with Crippen LogP contribution in [-0.4, -0.2) is 7.11 Å². The van der Waals surface area contributed by atoms with Gasteiger partial charge in [0.05, 0.1) is 7.11 Å². The lowest BCUT2D eigenvalue weighted by atomic mass is 10.0. The number of ether oxygens (including phenoxy) is 1. The van der Waals surface area contributed by atoms with Gasteiger partial charge in [0.25, 0.3) is 0 Å². The maximum atomic E-state index is 10.6. The Labute approximate surface area is 77.7 Å². The molecule has 1 aromatic carbocycles. The monoisotopic (exact) mass is 179 g/mol. The Morgan fingerprint density at radius 1 is 1.38 bits per heavy atom. The molecule has 0 fully saturated rings. The van der Waals surface area contributed by atoms with Crippen molar-refractivity contribution < 1.29 is 4.74 Å². The summed E-state index contributed by atoms with van der Waals surface area (Å²) in [7, 11) is 1.54. The van der Waals surface area contributed by atoms with Crippen molar-refractivity contribution in [2.75, 3.05) is 7.11 Å². The molecule has 0 aliphatic rings. The van der Waals surface area contributed by atoms with Crippen LogP contribution in [0.25, 0.3) is 0 Å². The number of hydrogen-bond donors (Lipinski definition) is 0. The number of rotatable bonds is 3. The first-order chi connectivity index (χ1) is 6.20. The molecule has 0 aliphatic carbocycles. The molecular formula is C10H13NO2. The van der Waals surface area contributed by atoms with Crippen LogP contribution in [0.2, 0.25) is 0 Å². The van der Waals surface area contributed by atoms with E-state index in [0.29, 0.717) is 11.4 Å². The second kappa shape index (κ2) is 4.03. The molecule has 0 radical (unpaired) electrons. The van der Waals surface area contributed by atoms with E-state index in [1.807, 2.05) is 26.0 Å². The summed E-state index contributed by atoms with van der Waals surface area (Å²) in [5, 5.41) is 2.99. The summed E-state index contributed by atoms with van der Waals surface area (Å²) in [4.78, 5) is 10.6. The summed E-state index contributed by atoms with van der Waals surface area (Å²) >= 11 is 0. The van der Waals surface area contributed by atoms with Gasteiger partial charge in [-0.3, -0.25) is 0 Å². The summed E-state index contributed by atoms with van der Waals surface area (Å²) < 4.78 is 5.03. The summed E-state index contributed by atoms with van der Waals surface area (Å²) in [5.74, 6) is 0.823. The van der Waals surface area contributed by atoms with Gasteiger partial charge in [-0.1, -0.05) is 26.0 Å². The molecule has 0 spiro atoms. The van der Waals surface area contributed by atoms with Gasteiger partial charge in [0, 0.05) is 0 Å². The zero-order valence-electron chi connectivity index (χ0n) is 8.07. The van der Waals surface area contributed by atoms with Crippen LogP contribution in [0.5, 0.6) is 5.75 Å². The minimum atomic E-state index is 0.280. The Hall–Kier alpha value is -1.38. The number of nitrogens with zero attached hydrogens (tertiary/aromatic N) is 1. The molecule has 0 amide bonds. The van der Waals surface area contributed by atoms with Crippen LogP contribution in [0, 0.1) is 4.91 Å². The molecule has 0 N–H and O–H groups in total. The molecule has 13 heavy (non-hydrogen) atoms. The Morgan fingerprint density at radius 2 is 2.08 bits per heavy atom. The fraction of sp³-hybridized carbons (Fsp3) is 0.400. The molecule has 3 nitrogen and oxygen atoms in total. The van der Waals surface area contributed by atoms with Crippen molar-refractivity contribution in [3.05, 3.63) is 28.7 Å². The number of benzene rings is 1. The second-order valence-corrected chi connectivity index (χ2v) is 3.14. The van der Waals surface area contributed by atoms with Crippen LogP contribution < -0.4 is 4.74 Å². The minimum absolute atomic E-state index is 0.280. The average Bonchev–Trinajstić information content (AvgIpc) is 2.16. The maximum Gasteiger partial charge on any atom is 0.153 e. The topological polar surface area (TPSA) is 38.7 Å². The smallest absolute Gasteiger partial charge is 0.153 e. The molecule has 0 unspecified atom stereocenters. The van der Waals surface area contributed by atoms with E-state index in [0.717, 1.165) is 5.56 Å². The molecular weight excluding hydrogens is 166 g/mol. The third-order valence-electron chi connectivity index (χ3n) is 1.96. The normalized spacial score (nSPS) is 10.2. The van der Waals surface area contributed by atoms with Crippen LogP contribution in [0.4, 0.5) is 5.69 Å². The summed E-state index contributed by atoms with van der Waals surface area (Å²) in [6.07, 6.45) is 0. The van der Waals surface area contributed by atoms with Gasteiger partial charge in [-0.05, 0) is 22.7 Å². The van der Waals surface area contributed by atoms with Gasteiger partial charge in [0.2, 0.25) is 0 Å². The van der Waals surface area contributed by atoms with Gasteiger partial charge >= 0.3 is 0 Å². The first-order valence-corrected chi connectivity index (χ1v) is 4.21. The molecule has 1 aromatic rings. The molecule has 0 heterocycles. The highest BCUT2D eigenvalue weighted by molar-refractivity contribution is 5.58. The predicted octanol–water partition coefficient (Wildman–Crippen LogP) is 3.22. The summed E-state index contributed by atoms with van der Waals surface area (Å²) in [5.41, 5.74) is 1.34. The van der Waals surface area contributed by atoms with E-state index in [9.17, 15) is 4.91 Å². The zero-order valence-corrected chi connectivity index (χ0v) is 8.07. The van der Waals surface area contributed by atoms with Crippen LogP contribution >= 0.6 is 0 Å². The van der Waals surface area contributed by atoms with Gasteiger partial charge in [0.1, 0.15) is 5.75 Å². The second-order valence-electron chi connectivity index (χ2n) is 3.14. The highest BCUT2D eigenvalue weighted by atomic mass is 16.5. The van der Waals surface area contributed by atoms with Crippen LogP contribution in [0.1, 0.15) is 25.3 Å². The molecule has 0 saturated carbocycles. The van der Waals surface area contributed by atoms with E-state index >= 15 is 0 Å². The lowest BCUT2D eigenvalue weighted by molar-refractivity contribution is 0.415. The molecule has 0 bridgehead atoms. The quantitative estimate of drug-likeness (QED) is 0.668. The largest absolute Gasteiger partial charge is 0.494 e. The molecule has 70 valence electrons. The van der Waals surface area contributed by atoms with E-state index in [1.165, 1.54) is 7.11 Å². The molecule has 0 aliphatic heterocycles. The molecule has 0 saturated heterocycles. The average molecular weight is 179 g/mol. The van der Waals surface area contributed by atoms with Crippen molar-refractivity contribution in [2.24, 2.45) is 5.18 Å². The number of nitroso groups, excluding NO2 is 1. The van der Waals surface area contributed by atoms with Crippen LogP contribution in [0.15, 0.2) is 23.4 Å². The Morgan fingerprint density at radius 3 is 2.54 bits per heavy atom. The fourth-order valence-corrected chi connectivity index (χ4v) is 1.27. The molecule has 0 aromatic heterocycles. The molecule has 0 atom stereocenters.